The maximum atomic E-state index is 11.1. The van der Waals surface area contributed by atoms with E-state index in [0.29, 0.717) is 24.3 Å². The van der Waals surface area contributed by atoms with Gasteiger partial charge in [0, 0.05) is 0 Å². The fraction of sp³-hybridized carbons (Fsp3) is 0.500. The molecule has 0 bridgehead atoms. The van der Waals surface area contributed by atoms with Gasteiger partial charge in [-0.05, 0) is 44.6 Å². The highest BCUT2D eigenvalue weighted by Crippen LogP contribution is 2.37. The predicted octanol–water partition coefficient (Wildman–Crippen LogP) is 1.36. The van der Waals surface area contributed by atoms with Crippen LogP contribution in [0.2, 0.25) is 0 Å². The Morgan fingerprint density at radius 3 is 2.10 bits per heavy atom. The number of benzene rings is 1. The fourth-order valence-corrected chi connectivity index (χ4v) is 2.00. The summed E-state index contributed by atoms with van der Waals surface area (Å²) in [6, 6.07) is 2.82. The summed E-state index contributed by atoms with van der Waals surface area (Å²) in [4.78, 5) is 12.8. The quantitative estimate of drug-likeness (QED) is 0.786. The van der Waals surface area contributed by atoms with Crippen LogP contribution in [0.4, 0.5) is 0 Å². The number of carbonyl (C=O) groups is 1. The number of hydrogen-bond donors (Lipinski definition) is 2. The number of ether oxygens (including phenoxy) is 2. The number of rotatable bonds is 7. The third-order valence-electron chi connectivity index (χ3n) is 3.15. The number of likely N-dealkylation sites (N-methyl/N-ethyl adjacent to an activating group) is 1. The van der Waals surface area contributed by atoms with Crippen molar-refractivity contribution in [1.29, 1.82) is 0 Å². The van der Waals surface area contributed by atoms with Gasteiger partial charge in [0.2, 0.25) is 5.75 Å². The summed E-state index contributed by atoms with van der Waals surface area (Å²) in [5.41, 5.74) is 0.851. The third-order valence-corrected chi connectivity index (χ3v) is 3.15. The van der Waals surface area contributed by atoms with Crippen molar-refractivity contribution >= 4 is 5.97 Å². The van der Waals surface area contributed by atoms with Crippen molar-refractivity contribution in [3.8, 4) is 17.2 Å². The molecule has 0 spiro atoms. The molecule has 1 aromatic carbocycles. The molecule has 20 heavy (non-hydrogen) atoms. The Morgan fingerprint density at radius 2 is 1.75 bits per heavy atom. The number of aryl methyl sites for hydroxylation is 1. The molecule has 2 N–H and O–H groups in total. The van der Waals surface area contributed by atoms with Gasteiger partial charge in [0.1, 0.15) is 6.04 Å². The minimum Gasteiger partial charge on any atom is -0.502 e. The molecule has 0 aromatic heterocycles. The molecule has 0 aliphatic rings. The zero-order valence-corrected chi connectivity index (χ0v) is 12.2. The van der Waals surface area contributed by atoms with Crippen LogP contribution in [0.5, 0.6) is 17.2 Å². The molecular formula is C14H21NO5. The number of phenolic OH excluding ortho intramolecular Hbond substituents is 1. The monoisotopic (exact) mass is 283 g/mol. The van der Waals surface area contributed by atoms with Crippen LogP contribution in [0.25, 0.3) is 0 Å². The van der Waals surface area contributed by atoms with Gasteiger partial charge in [-0.3, -0.25) is 9.69 Å². The van der Waals surface area contributed by atoms with Gasteiger partial charge in [0.15, 0.2) is 11.5 Å². The first-order valence-electron chi connectivity index (χ1n) is 6.23. The van der Waals surface area contributed by atoms with E-state index in [2.05, 4.69) is 0 Å². The third kappa shape index (κ3) is 3.77. The largest absolute Gasteiger partial charge is 0.502 e. The number of phenols is 1. The lowest BCUT2D eigenvalue weighted by atomic mass is 10.0. The summed E-state index contributed by atoms with van der Waals surface area (Å²) in [7, 11) is 6.38. The van der Waals surface area contributed by atoms with Gasteiger partial charge in [-0.15, -0.1) is 0 Å². The molecule has 0 fully saturated rings. The maximum Gasteiger partial charge on any atom is 0.320 e. The van der Waals surface area contributed by atoms with Gasteiger partial charge >= 0.3 is 5.97 Å². The molecule has 0 saturated carbocycles. The molecule has 0 aliphatic carbocycles. The molecular weight excluding hydrogens is 262 g/mol. The molecule has 0 heterocycles. The van der Waals surface area contributed by atoms with Crippen LogP contribution in [0.1, 0.15) is 12.0 Å². The zero-order valence-electron chi connectivity index (χ0n) is 12.2. The number of nitrogens with zero attached hydrogens (tertiary/aromatic N) is 1. The van der Waals surface area contributed by atoms with Crippen LogP contribution in [0.15, 0.2) is 12.1 Å². The second-order valence-corrected chi connectivity index (χ2v) is 4.71. The maximum absolute atomic E-state index is 11.1. The minimum atomic E-state index is -0.854. The first-order valence-corrected chi connectivity index (χ1v) is 6.23. The van der Waals surface area contributed by atoms with E-state index in [1.165, 1.54) is 14.2 Å². The van der Waals surface area contributed by atoms with E-state index in [0.717, 1.165) is 5.56 Å². The van der Waals surface area contributed by atoms with Gasteiger partial charge in [-0.1, -0.05) is 0 Å². The summed E-state index contributed by atoms with van der Waals surface area (Å²) < 4.78 is 10.1. The van der Waals surface area contributed by atoms with Crippen molar-refractivity contribution in [3.05, 3.63) is 17.7 Å². The molecule has 0 radical (unpaired) electrons. The van der Waals surface area contributed by atoms with Gasteiger partial charge in [-0.25, -0.2) is 0 Å². The molecule has 0 amide bonds. The van der Waals surface area contributed by atoms with Crippen molar-refractivity contribution in [1.82, 2.24) is 4.90 Å². The zero-order chi connectivity index (χ0) is 15.3. The lowest BCUT2D eigenvalue weighted by Gasteiger charge is -2.20. The highest BCUT2D eigenvalue weighted by Gasteiger charge is 2.20. The van der Waals surface area contributed by atoms with E-state index < -0.39 is 12.0 Å². The number of carboxylic acid groups (broad SMARTS) is 1. The second kappa shape index (κ2) is 7.00. The Kier molecular flexibility index (Phi) is 5.64. The number of aliphatic carboxylic acids is 1. The first kappa shape index (κ1) is 16.1. The van der Waals surface area contributed by atoms with Gasteiger partial charge in [0.05, 0.1) is 14.2 Å². The summed E-state index contributed by atoms with van der Waals surface area (Å²) in [6.45, 7) is 0. The minimum absolute atomic E-state index is 0.0545. The molecule has 0 aliphatic heterocycles. The molecule has 6 heteroatoms. The molecule has 112 valence electrons. The number of aromatic hydroxyl groups is 1. The van der Waals surface area contributed by atoms with Crippen molar-refractivity contribution < 1.29 is 24.5 Å². The van der Waals surface area contributed by atoms with Crippen molar-refractivity contribution in [3.63, 3.8) is 0 Å². The number of carboxylic acids is 1. The van der Waals surface area contributed by atoms with E-state index in [-0.39, 0.29) is 5.75 Å². The summed E-state index contributed by atoms with van der Waals surface area (Å²) in [6.07, 6.45) is 1.00. The van der Waals surface area contributed by atoms with Crippen LogP contribution in [-0.4, -0.2) is 55.4 Å². The molecule has 1 atom stereocenters. The lowest BCUT2D eigenvalue weighted by molar-refractivity contribution is -0.142. The van der Waals surface area contributed by atoms with Crippen molar-refractivity contribution in [2.24, 2.45) is 0 Å². The second-order valence-electron chi connectivity index (χ2n) is 4.71. The van der Waals surface area contributed by atoms with Crippen LogP contribution in [-0.2, 0) is 11.2 Å². The van der Waals surface area contributed by atoms with Gasteiger partial charge in [-0.2, -0.15) is 0 Å². The highest BCUT2D eigenvalue weighted by atomic mass is 16.5. The Bertz CT molecular complexity index is 448. The van der Waals surface area contributed by atoms with E-state index in [1.807, 2.05) is 0 Å². The van der Waals surface area contributed by atoms with Gasteiger partial charge in [0.25, 0.3) is 0 Å². The van der Waals surface area contributed by atoms with Crippen molar-refractivity contribution in [2.45, 2.75) is 18.9 Å². The smallest absolute Gasteiger partial charge is 0.320 e. The highest BCUT2D eigenvalue weighted by molar-refractivity contribution is 5.73. The normalized spacial score (nSPS) is 12.2. The lowest BCUT2D eigenvalue weighted by Crippen LogP contribution is -2.35. The standard InChI is InChI=1S/C14H21NO5/c1-15(2)10(14(17)18)6-5-9-7-11(19-3)13(16)12(8-9)20-4/h7-8,10,16H,5-6H2,1-4H3,(H,17,18)/t10-/m0/s1. The Balaban J connectivity index is 2.90. The van der Waals surface area contributed by atoms with E-state index in [4.69, 9.17) is 14.6 Å². The van der Waals surface area contributed by atoms with E-state index >= 15 is 0 Å². The molecule has 6 nitrogen and oxygen atoms in total. The van der Waals surface area contributed by atoms with E-state index in [9.17, 15) is 9.90 Å². The molecule has 0 unspecified atom stereocenters. The number of hydrogen-bond acceptors (Lipinski definition) is 5. The average molecular weight is 283 g/mol. The summed E-state index contributed by atoms with van der Waals surface area (Å²) in [5, 5.41) is 19.0. The predicted molar refractivity (Wildman–Crippen MR) is 74.6 cm³/mol. The fourth-order valence-electron chi connectivity index (χ4n) is 2.00. The van der Waals surface area contributed by atoms with Gasteiger partial charge < -0.3 is 19.7 Å². The molecule has 1 aromatic rings. The molecule has 1 rings (SSSR count). The average Bonchev–Trinajstić information content (AvgIpc) is 2.39. The van der Waals surface area contributed by atoms with Crippen LogP contribution in [0.3, 0.4) is 0 Å². The summed E-state index contributed by atoms with van der Waals surface area (Å²) in [5.74, 6) is -0.277. The first-order chi connectivity index (χ1) is 9.40. The Hall–Kier alpha value is -1.95. The Morgan fingerprint density at radius 1 is 1.25 bits per heavy atom. The van der Waals surface area contributed by atoms with Crippen molar-refractivity contribution in [2.75, 3.05) is 28.3 Å². The summed E-state index contributed by atoms with van der Waals surface area (Å²) >= 11 is 0. The van der Waals surface area contributed by atoms with Crippen LogP contribution >= 0.6 is 0 Å². The molecule has 0 saturated heterocycles. The van der Waals surface area contributed by atoms with Crippen LogP contribution < -0.4 is 9.47 Å². The van der Waals surface area contributed by atoms with E-state index in [1.54, 1.807) is 31.1 Å². The topological polar surface area (TPSA) is 79.2 Å². The SMILES string of the molecule is COc1cc(CC[C@@H](C(=O)O)N(C)C)cc(OC)c1O. The Labute approximate surface area is 118 Å². The van der Waals surface area contributed by atoms with Crippen LogP contribution in [0, 0.1) is 0 Å². The number of methoxy groups -OCH3 is 2.